The van der Waals surface area contributed by atoms with Crippen LogP contribution < -0.4 is 16.2 Å². The fourth-order valence-electron chi connectivity index (χ4n) is 3.14. The van der Waals surface area contributed by atoms with Gasteiger partial charge < -0.3 is 16.2 Å². The third kappa shape index (κ3) is 2.47. The van der Waals surface area contributed by atoms with Gasteiger partial charge in [-0.2, -0.15) is 0 Å². The van der Waals surface area contributed by atoms with Crippen LogP contribution in [-0.2, 0) is 0 Å². The monoisotopic (exact) mass is 362 g/mol. The molecule has 8 heteroatoms. The van der Waals surface area contributed by atoms with E-state index in [1.54, 1.807) is 24.5 Å². The first-order chi connectivity index (χ1) is 11.8. The molecule has 0 aliphatic carbocycles. The molecule has 0 unspecified atom stereocenters. The zero-order chi connectivity index (χ0) is 18.5. The Morgan fingerprint density at radius 2 is 2.04 bits per heavy atom. The molecule has 6 nitrogen and oxygen atoms in total. The maximum Gasteiger partial charge on any atom is 0.253 e. The van der Waals surface area contributed by atoms with Crippen molar-refractivity contribution in [1.29, 1.82) is 0 Å². The first-order valence-corrected chi connectivity index (χ1v) is 7.75. The number of primary amides is 1. The van der Waals surface area contributed by atoms with E-state index in [-0.39, 0.29) is 17.1 Å². The molecular weight excluding hydrogens is 347 g/mol. The number of amides is 1. The number of rotatable bonds is 3. The number of fused-ring (bicyclic) bond motifs is 1. The lowest BCUT2D eigenvalue weighted by molar-refractivity contribution is 0.100. The van der Waals surface area contributed by atoms with E-state index in [0.29, 0.717) is 32.9 Å². The van der Waals surface area contributed by atoms with Crippen LogP contribution in [0.25, 0.3) is 16.7 Å². The number of nitrogens with zero attached hydrogens (tertiary/aromatic N) is 2. The number of carbonyl (C=O) groups is 1. The molecule has 0 bridgehead atoms. The van der Waals surface area contributed by atoms with Gasteiger partial charge in [-0.1, -0.05) is 11.6 Å². The average Bonchev–Trinajstić information content (AvgIpc) is 2.79. The third-order valence-corrected chi connectivity index (χ3v) is 4.32. The topological polar surface area (TPSA) is 96.2 Å². The largest absolute Gasteiger partial charge is 0.493 e. The van der Waals surface area contributed by atoms with Gasteiger partial charge in [0.2, 0.25) is 0 Å². The molecule has 0 radical (unpaired) electrons. The van der Waals surface area contributed by atoms with Gasteiger partial charge in [0.1, 0.15) is 11.5 Å². The van der Waals surface area contributed by atoms with Crippen molar-refractivity contribution in [3.63, 3.8) is 0 Å². The van der Waals surface area contributed by atoms with Crippen molar-refractivity contribution < 1.29 is 13.9 Å². The lowest BCUT2D eigenvalue weighted by Crippen LogP contribution is -2.14. The minimum atomic E-state index is -0.699. The molecule has 130 valence electrons. The summed E-state index contributed by atoms with van der Waals surface area (Å²) in [4.78, 5) is 16.2. The third-order valence-electron chi connectivity index (χ3n) is 4.12. The zero-order valence-electron chi connectivity index (χ0n) is 13.9. The van der Waals surface area contributed by atoms with Crippen LogP contribution >= 0.6 is 11.6 Å². The van der Waals surface area contributed by atoms with Gasteiger partial charge in [0.15, 0.2) is 11.6 Å². The maximum atomic E-state index is 14.1. The molecule has 1 aromatic carbocycles. The van der Waals surface area contributed by atoms with Gasteiger partial charge in [0, 0.05) is 17.1 Å². The summed E-state index contributed by atoms with van der Waals surface area (Å²) in [6.07, 6.45) is 1.44. The summed E-state index contributed by atoms with van der Waals surface area (Å²) in [6, 6.07) is 2.91. The van der Waals surface area contributed by atoms with Gasteiger partial charge >= 0.3 is 0 Å². The number of aryl methyl sites for hydroxylation is 1. The summed E-state index contributed by atoms with van der Waals surface area (Å²) in [6.45, 7) is 3.44. The van der Waals surface area contributed by atoms with Gasteiger partial charge in [-0.15, -0.1) is 0 Å². The van der Waals surface area contributed by atoms with Gasteiger partial charge in [0.05, 0.1) is 23.4 Å². The average molecular weight is 363 g/mol. The molecule has 0 aliphatic heterocycles. The number of benzene rings is 1. The van der Waals surface area contributed by atoms with E-state index < -0.39 is 11.7 Å². The van der Waals surface area contributed by atoms with Crippen LogP contribution in [0.2, 0.25) is 5.02 Å². The molecule has 1 amide bonds. The molecule has 0 aliphatic rings. The predicted octanol–water partition coefficient (Wildman–Crippen LogP) is 3.12. The van der Waals surface area contributed by atoms with E-state index in [1.807, 2.05) is 0 Å². The highest BCUT2D eigenvalue weighted by Crippen LogP contribution is 2.37. The number of ether oxygens (including phenoxy) is 1. The van der Waals surface area contributed by atoms with E-state index in [4.69, 9.17) is 27.8 Å². The van der Waals surface area contributed by atoms with Gasteiger partial charge in [-0.05, 0) is 31.5 Å². The summed E-state index contributed by atoms with van der Waals surface area (Å²) in [5.41, 5.74) is 13.9. The number of methoxy groups -OCH3 is 1. The molecule has 0 spiro atoms. The van der Waals surface area contributed by atoms with E-state index in [9.17, 15) is 9.18 Å². The van der Waals surface area contributed by atoms with Crippen molar-refractivity contribution >= 4 is 34.4 Å². The molecule has 3 aromatic rings. The highest BCUT2D eigenvalue weighted by atomic mass is 35.5. The Morgan fingerprint density at radius 3 is 2.64 bits per heavy atom. The number of carbonyl (C=O) groups excluding carboxylic acids is 1. The van der Waals surface area contributed by atoms with Crippen molar-refractivity contribution in [2.45, 2.75) is 13.8 Å². The van der Waals surface area contributed by atoms with Crippen LogP contribution in [0, 0.1) is 19.7 Å². The number of halogens is 2. The van der Waals surface area contributed by atoms with Crippen molar-refractivity contribution in [3.05, 3.63) is 45.9 Å². The molecular formula is C17H16ClFN4O2. The second kappa shape index (κ2) is 5.93. The standard InChI is InChI=1S/C17H16ClFN4O2/c1-7-4-11(19)14(25-3)8(2)13(7)23-15(20)12(16(21)24)10-5-9(18)6-22-17(10)23/h4-6H,20H2,1-3H3,(H2,21,24). The summed E-state index contributed by atoms with van der Waals surface area (Å²) < 4.78 is 20.9. The first kappa shape index (κ1) is 17.0. The van der Waals surface area contributed by atoms with Crippen LogP contribution in [-0.4, -0.2) is 22.6 Å². The molecule has 25 heavy (non-hydrogen) atoms. The van der Waals surface area contributed by atoms with E-state index in [0.717, 1.165) is 0 Å². The molecule has 2 heterocycles. The quantitative estimate of drug-likeness (QED) is 0.748. The molecule has 4 N–H and O–H groups in total. The lowest BCUT2D eigenvalue weighted by Gasteiger charge is -2.17. The fraction of sp³-hybridized carbons (Fsp3) is 0.176. The summed E-state index contributed by atoms with van der Waals surface area (Å²) in [5.74, 6) is -0.981. The second-order valence-corrected chi connectivity index (χ2v) is 6.10. The van der Waals surface area contributed by atoms with Crippen LogP contribution in [0.15, 0.2) is 18.3 Å². The van der Waals surface area contributed by atoms with Gasteiger partial charge in [-0.25, -0.2) is 9.37 Å². The first-order valence-electron chi connectivity index (χ1n) is 7.37. The fourth-order valence-corrected chi connectivity index (χ4v) is 3.30. The molecule has 0 fully saturated rings. The Kier molecular flexibility index (Phi) is 4.04. The number of anilines is 1. The highest BCUT2D eigenvalue weighted by Gasteiger charge is 2.25. The summed E-state index contributed by atoms with van der Waals surface area (Å²) >= 11 is 6.00. The van der Waals surface area contributed by atoms with E-state index in [1.165, 1.54) is 19.4 Å². The van der Waals surface area contributed by atoms with Gasteiger partial charge in [0.25, 0.3) is 5.91 Å². The number of nitrogens with two attached hydrogens (primary N) is 2. The van der Waals surface area contributed by atoms with Gasteiger partial charge in [-0.3, -0.25) is 9.36 Å². The van der Waals surface area contributed by atoms with E-state index in [2.05, 4.69) is 4.98 Å². The Hall–Kier alpha value is -2.80. The summed E-state index contributed by atoms with van der Waals surface area (Å²) in [7, 11) is 1.38. The molecule has 0 saturated carbocycles. The Labute approximate surface area is 148 Å². The molecule has 0 saturated heterocycles. The molecule has 0 atom stereocenters. The molecule has 3 rings (SSSR count). The van der Waals surface area contributed by atoms with Crippen LogP contribution in [0.3, 0.4) is 0 Å². The van der Waals surface area contributed by atoms with Crippen LogP contribution in [0.5, 0.6) is 5.75 Å². The number of hydrogen-bond acceptors (Lipinski definition) is 4. The summed E-state index contributed by atoms with van der Waals surface area (Å²) in [5, 5.41) is 0.775. The van der Waals surface area contributed by atoms with Crippen LogP contribution in [0.1, 0.15) is 21.5 Å². The van der Waals surface area contributed by atoms with Crippen LogP contribution in [0.4, 0.5) is 10.2 Å². The number of pyridine rings is 1. The number of aromatic nitrogens is 2. The molecule has 2 aromatic heterocycles. The van der Waals surface area contributed by atoms with Crippen molar-refractivity contribution in [3.8, 4) is 11.4 Å². The Balaban J connectivity index is 2.50. The zero-order valence-corrected chi connectivity index (χ0v) is 14.6. The van der Waals surface area contributed by atoms with E-state index >= 15 is 0 Å². The predicted molar refractivity (Wildman–Crippen MR) is 95.0 cm³/mol. The van der Waals surface area contributed by atoms with Crippen molar-refractivity contribution in [2.75, 3.05) is 12.8 Å². The van der Waals surface area contributed by atoms with Crippen molar-refractivity contribution in [2.24, 2.45) is 5.73 Å². The number of nitrogen functional groups attached to an aromatic ring is 1. The van der Waals surface area contributed by atoms with Crippen molar-refractivity contribution in [1.82, 2.24) is 9.55 Å². The minimum Gasteiger partial charge on any atom is -0.493 e. The maximum absolute atomic E-state index is 14.1. The smallest absolute Gasteiger partial charge is 0.253 e. The Bertz CT molecular complexity index is 1030. The Morgan fingerprint density at radius 1 is 1.36 bits per heavy atom. The normalized spacial score (nSPS) is 11.1. The minimum absolute atomic E-state index is 0.0939. The SMILES string of the molecule is COc1c(F)cc(C)c(-n2c(N)c(C(N)=O)c3cc(Cl)cnc32)c1C. The second-order valence-electron chi connectivity index (χ2n) is 5.67. The highest BCUT2D eigenvalue weighted by molar-refractivity contribution is 6.31. The lowest BCUT2D eigenvalue weighted by atomic mass is 10.1. The number of hydrogen-bond donors (Lipinski definition) is 2.